The van der Waals surface area contributed by atoms with E-state index in [1.807, 2.05) is 0 Å². The average molecular weight is 305 g/mol. The molecule has 19 heavy (non-hydrogen) atoms. The highest BCUT2D eigenvalue weighted by molar-refractivity contribution is 7.90. The van der Waals surface area contributed by atoms with Crippen LogP contribution < -0.4 is 4.72 Å². The highest BCUT2D eigenvalue weighted by Gasteiger charge is 2.46. The summed E-state index contributed by atoms with van der Waals surface area (Å²) < 4.78 is 62.2. The fraction of sp³-hybridized carbons (Fsp3) is 0.778. The molecular weight excluding hydrogens is 291 g/mol. The van der Waals surface area contributed by atoms with Crippen LogP contribution in [0.5, 0.6) is 0 Å². The van der Waals surface area contributed by atoms with E-state index in [1.165, 1.54) is 0 Å². The Kier molecular flexibility index (Phi) is 6.27. The molecule has 0 heterocycles. The van der Waals surface area contributed by atoms with E-state index in [-0.39, 0.29) is 0 Å². The summed E-state index contributed by atoms with van der Waals surface area (Å²) in [6, 6.07) is 0. The van der Waals surface area contributed by atoms with Crippen LogP contribution in [-0.2, 0) is 24.3 Å². The van der Waals surface area contributed by atoms with Crippen molar-refractivity contribution in [1.29, 1.82) is 0 Å². The van der Waals surface area contributed by atoms with Gasteiger partial charge in [-0.25, -0.2) is 4.72 Å². The largest absolute Gasteiger partial charge is 0.516 e. The number of hydrogen-bond acceptors (Lipinski definition) is 5. The third kappa shape index (κ3) is 5.90. The van der Waals surface area contributed by atoms with Crippen molar-refractivity contribution in [3.8, 4) is 0 Å². The zero-order valence-corrected chi connectivity index (χ0v) is 11.1. The third-order valence-electron chi connectivity index (χ3n) is 2.14. The number of halogens is 3. The Bertz CT molecular complexity index is 432. The second kappa shape index (κ2) is 6.73. The van der Waals surface area contributed by atoms with Crippen molar-refractivity contribution in [3.05, 3.63) is 0 Å². The first-order valence-corrected chi connectivity index (χ1v) is 6.78. The fourth-order valence-corrected chi connectivity index (χ4v) is 1.33. The number of carbonyl (C=O) groups excluding carboxylic acids is 2. The highest BCUT2D eigenvalue weighted by atomic mass is 32.2. The summed E-state index contributed by atoms with van der Waals surface area (Å²) in [4.78, 5) is 22.1. The number of amides is 1. The quantitative estimate of drug-likeness (QED) is 0.737. The summed E-state index contributed by atoms with van der Waals surface area (Å²) >= 11 is 0. The molecule has 0 aromatic heterocycles. The number of nitrogens with one attached hydrogen (secondary N) is 1. The van der Waals surface area contributed by atoms with Crippen LogP contribution in [0.4, 0.5) is 13.2 Å². The van der Waals surface area contributed by atoms with Crippen LogP contribution in [0, 0.1) is 5.92 Å². The number of alkyl halides is 3. The molecule has 112 valence electrons. The predicted octanol–water partition coefficient (Wildman–Crippen LogP) is 0.932. The molecule has 0 saturated heterocycles. The van der Waals surface area contributed by atoms with Gasteiger partial charge in [0.25, 0.3) is 0 Å². The number of carbonyl (C=O) groups is 2. The fourth-order valence-electron chi connectivity index (χ4n) is 0.812. The SMILES string of the molecule is CCC(C)C(=O)OCCC(=O)NS(=O)(=O)C(F)(F)F. The Labute approximate surface area is 108 Å². The molecule has 0 aliphatic carbocycles. The van der Waals surface area contributed by atoms with Crippen LogP contribution >= 0.6 is 0 Å². The van der Waals surface area contributed by atoms with Crippen molar-refractivity contribution in [3.63, 3.8) is 0 Å². The summed E-state index contributed by atoms with van der Waals surface area (Å²) in [6.45, 7) is 2.83. The van der Waals surface area contributed by atoms with Gasteiger partial charge in [-0.05, 0) is 6.42 Å². The number of hydrogen-bond donors (Lipinski definition) is 1. The molecule has 0 fully saturated rings. The Morgan fingerprint density at radius 1 is 1.32 bits per heavy atom. The minimum atomic E-state index is -5.71. The standard InChI is InChI=1S/C9H14F3NO5S/c1-3-6(2)8(15)18-5-4-7(14)13-19(16,17)9(10,11)12/h6H,3-5H2,1-2H3,(H,13,14). The summed E-state index contributed by atoms with van der Waals surface area (Å²) in [7, 11) is -5.71. The maximum absolute atomic E-state index is 11.9. The summed E-state index contributed by atoms with van der Waals surface area (Å²) in [5.41, 5.74) is -5.56. The van der Waals surface area contributed by atoms with Gasteiger partial charge in [0.15, 0.2) is 0 Å². The molecule has 0 spiro atoms. The van der Waals surface area contributed by atoms with Crippen LogP contribution in [0.15, 0.2) is 0 Å². The van der Waals surface area contributed by atoms with Crippen LogP contribution in [0.25, 0.3) is 0 Å². The lowest BCUT2D eigenvalue weighted by molar-refractivity contribution is -0.148. The summed E-state index contributed by atoms with van der Waals surface area (Å²) in [5.74, 6) is -2.40. The normalized spacial score (nSPS) is 13.7. The van der Waals surface area contributed by atoms with Gasteiger partial charge in [-0.2, -0.15) is 21.6 Å². The van der Waals surface area contributed by atoms with Gasteiger partial charge < -0.3 is 4.74 Å². The van der Waals surface area contributed by atoms with Gasteiger partial charge in [-0.15, -0.1) is 0 Å². The molecule has 0 aliphatic heterocycles. The third-order valence-corrected chi connectivity index (χ3v) is 3.25. The molecule has 0 bridgehead atoms. The van der Waals surface area contributed by atoms with Gasteiger partial charge in [0.1, 0.15) is 6.61 Å². The molecule has 1 N–H and O–H groups in total. The van der Waals surface area contributed by atoms with Gasteiger partial charge in [0.05, 0.1) is 12.3 Å². The first-order valence-electron chi connectivity index (χ1n) is 5.29. The van der Waals surface area contributed by atoms with Gasteiger partial charge in [-0.1, -0.05) is 13.8 Å². The number of sulfonamides is 1. The maximum atomic E-state index is 11.9. The van der Waals surface area contributed by atoms with Crippen molar-refractivity contribution in [2.75, 3.05) is 6.61 Å². The average Bonchev–Trinajstić information content (AvgIpc) is 2.25. The molecular formula is C9H14F3NO5S. The van der Waals surface area contributed by atoms with E-state index < -0.39 is 46.4 Å². The Balaban J connectivity index is 4.19. The van der Waals surface area contributed by atoms with Gasteiger partial charge in [0, 0.05) is 0 Å². The topological polar surface area (TPSA) is 89.5 Å². The molecule has 6 nitrogen and oxygen atoms in total. The van der Waals surface area contributed by atoms with Crippen LogP contribution in [0.1, 0.15) is 26.7 Å². The first-order chi connectivity index (χ1) is 8.51. The maximum Gasteiger partial charge on any atom is 0.516 e. The molecule has 0 radical (unpaired) electrons. The second-order valence-corrected chi connectivity index (χ2v) is 5.38. The van der Waals surface area contributed by atoms with Crippen molar-refractivity contribution in [2.24, 2.45) is 5.92 Å². The van der Waals surface area contributed by atoms with E-state index >= 15 is 0 Å². The van der Waals surface area contributed by atoms with Crippen molar-refractivity contribution < 1.29 is 35.9 Å². The predicted molar refractivity (Wildman–Crippen MR) is 58.1 cm³/mol. The number of esters is 1. The van der Waals surface area contributed by atoms with Gasteiger partial charge in [-0.3, -0.25) is 9.59 Å². The monoisotopic (exact) mass is 305 g/mol. The smallest absolute Gasteiger partial charge is 0.465 e. The molecule has 1 amide bonds. The molecule has 0 aromatic carbocycles. The van der Waals surface area contributed by atoms with Gasteiger partial charge in [0.2, 0.25) is 5.91 Å². The molecule has 1 unspecified atom stereocenters. The highest BCUT2D eigenvalue weighted by Crippen LogP contribution is 2.21. The van der Waals surface area contributed by atoms with Crippen LogP contribution in [0.3, 0.4) is 0 Å². The van der Waals surface area contributed by atoms with E-state index in [4.69, 9.17) is 0 Å². The van der Waals surface area contributed by atoms with Crippen molar-refractivity contribution in [2.45, 2.75) is 32.2 Å². The zero-order valence-electron chi connectivity index (χ0n) is 10.3. The lowest BCUT2D eigenvalue weighted by Gasteiger charge is -2.10. The van der Waals surface area contributed by atoms with E-state index in [1.54, 1.807) is 13.8 Å². The molecule has 0 aromatic rings. The van der Waals surface area contributed by atoms with E-state index in [0.29, 0.717) is 6.42 Å². The second-order valence-electron chi connectivity index (χ2n) is 3.70. The minimum absolute atomic E-state index is 0.401. The Morgan fingerprint density at radius 3 is 2.26 bits per heavy atom. The molecule has 0 rings (SSSR count). The number of rotatable bonds is 6. The molecule has 0 saturated carbocycles. The Morgan fingerprint density at radius 2 is 1.84 bits per heavy atom. The van der Waals surface area contributed by atoms with Crippen molar-refractivity contribution in [1.82, 2.24) is 4.72 Å². The minimum Gasteiger partial charge on any atom is -0.465 e. The Hall–Kier alpha value is -1.32. The number of ether oxygens (including phenoxy) is 1. The van der Waals surface area contributed by atoms with E-state index in [0.717, 1.165) is 4.72 Å². The van der Waals surface area contributed by atoms with Crippen LogP contribution in [-0.4, -0.2) is 32.4 Å². The molecule has 10 heteroatoms. The lowest BCUT2D eigenvalue weighted by atomic mass is 10.1. The molecule has 0 aliphatic rings. The summed E-state index contributed by atoms with van der Waals surface area (Å²) in [5, 5.41) is 0. The van der Waals surface area contributed by atoms with Crippen LogP contribution in [0.2, 0.25) is 0 Å². The lowest BCUT2D eigenvalue weighted by Crippen LogP contribution is -2.40. The zero-order chi connectivity index (χ0) is 15.3. The first kappa shape index (κ1) is 17.7. The van der Waals surface area contributed by atoms with E-state index in [2.05, 4.69) is 4.74 Å². The summed E-state index contributed by atoms with van der Waals surface area (Å²) in [6.07, 6.45) is -0.162. The molecule has 1 atom stereocenters. The van der Waals surface area contributed by atoms with Gasteiger partial charge >= 0.3 is 21.5 Å². The van der Waals surface area contributed by atoms with E-state index in [9.17, 15) is 31.2 Å². The van der Waals surface area contributed by atoms with Crippen molar-refractivity contribution >= 4 is 21.9 Å².